The molecule has 0 saturated heterocycles. The Hall–Kier alpha value is -0.810. The Balaban J connectivity index is 2.24. The largest absolute Gasteiger partial charge is 0.397 e. The van der Waals surface area contributed by atoms with Crippen LogP contribution in [-0.2, 0) is 0 Å². The topological polar surface area (TPSA) is 58.3 Å². The van der Waals surface area contributed by atoms with Gasteiger partial charge in [0.2, 0.25) is 0 Å². The summed E-state index contributed by atoms with van der Waals surface area (Å²) in [5.41, 5.74) is 6.58. The smallest absolute Gasteiger partial charge is 0.139 e. The molecule has 5 heteroatoms. The van der Waals surface area contributed by atoms with Crippen LogP contribution < -0.4 is 11.1 Å². The highest BCUT2D eigenvalue weighted by atomic mass is 79.9. The molecule has 1 aromatic rings. The van der Waals surface area contributed by atoms with E-state index in [2.05, 4.69) is 21.2 Å². The van der Waals surface area contributed by atoms with Crippen LogP contribution in [0, 0.1) is 5.82 Å². The average molecular weight is 317 g/mol. The number of aliphatic hydroxyl groups is 1. The van der Waals surface area contributed by atoms with Crippen molar-refractivity contribution < 1.29 is 9.50 Å². The fourth-order valence-corrected chi connectivity index (χ4v) is 2.87. The van der Waals surface area contributed by atoms with Gasteiger partial charge in [-0.1, -0.05) is 19.3 Å². The van der Waals surface area contributed by atoms with E-state index in [1.807, 2.05) is 0 Å². The average Bonchev–Trinajstić information content (AvgIpc) is 2.37. The first-order valence-corrected chi connectivity index (χ1v) is 6.99. The summed E-state index contributed by atoms with van der Waals surface area (Å²) in [7, 11) is 0. The maximum atomic E-state index is 13.5. The second kappa shape index (κ2) is 5.45. The van der Waals surface area contributed by atoms with Crippen LogP contribution in [0.2, 0.25) is 0 Å². The summed E-state index contributed by atoms with van der Waals surface area (Å²) >= 11 is 3.10. The van der Waals surface area contributed by atoms with Crippen molar-refractivity contribution >= 4 is 27.3 Å². The molecule has 0 aromatic heterocycles. The first kappa shape index (κ1) is 13.6. The Kier molecular flexibility index (Phi) is 4.12. The fourth-order valence-electron chi connectivity index (χ4n) is 2.51. The molecule has 18 heavy (non-hydrogen) atoms. The third kappa shape index (κ3) is 2.78. The van der Waals surface area contributed by atoms with Crippen LogP contribution in [0.15, 0.2) is 16.6 Å². The quantitative estimate of drug-likeness (QED) is 0.750. The van der Waals surface area contributed by atoms with Crippen molar-refractivity contribution in [3.8, 4) is 0 Å². The molecule has 1 saturated carbocycles. The Morgan fingerprint density at radius 2 is 2.00 bits per heavy atom. The van der Waals surface area contributed by atoms with Crippen LogP contribution in [0.4, 0.5) is 15.8 Å². The predicted molar refractivity (Wildman–Crippen MR) is 75.0 cm³/mol. The molecule has 0 unspecified atom stereocenters. The van der Waals surface area contributed by atoms with Crippen molar-refractivity contribution in [3.05, 3.63) is 22.4 Å². The molecule has 0 aliphatic heterocycles. The van der Waals surface area contributed by atoms with Crippen LogP contribution in [0.1, 0.15) is 32.1 Å². The van der Waals surface area contributed by atoms with Gasteiger partial charge in [-0.05, 0) is 34.8 Å². The highest BCUT2D eigenvalue weighted by Gasteiger charge is 2.31. The number of hydrogen-bond donors (Lipinski definition) is 3. The van der Waals surface area contributed by atoms with E-state index in [1.54, 1.807) is 6.07 Å². The molecule has 0 heterocycles. The number of nitrogens with one attached hydrogen (secondary N) is 1. The summed E-state index contributed by atoms with van der Waals surface area (Å²) in [5.74, 6) is -0.351. The van der Waals surface area contributed by atoms with Crippen molar-refractivity contribution in [3.63, 3.8) is 0 Å². The molecule has 0 radical (unpaired) electrons. The minimum Gasteiger partial charge on any atom is -0.397 e. The van der Waals surface area contributed by atoms with Crippen LogP contribution in [-0.4, -0.2) is 17.3 Å². The van der Waals surface area contributed by atoms with Gasteiger partial charge in [0.1, 0.15) is 5.82 Å². The standard InChI is InChI=1S/C13H18BrFN2O/c14-9-6-11(16)12(7-10(9)15)17-13(8-18)4-2-1-3-5-13/h6-7,17-18H,1-5,8,16H2. The molecule has 0 amide bonds. The van der Waals surface area contributed by atoms with E-state index in [0.29, 0.717) is 15.8 Å². The lowest BCUT2D eigenvalue weighted by molar-refractivity contribution is 0.173. The van der Waals surface area contributed by atoms with Gasteiger partial charge in [-0.3, -0.25) is 0 Å². The maximum Gasteiger partial charge on any atom is 0.139 e. The van der Waals surface area contributed by atoms with E-state index < -0.39 is 0 Å². The summed E-state index contributed by atoms with van der Waals surface area (Å²) in [5, 5.41) is 12.9. The molecule has 0 atom stereocenters. The van der Waals surface area contributed by atoms with Gasteiger partial charge in [-0.25, -0.2) is 4.39 Å². The van der Waals surface area contributed by atoms with Gasteiger partial charge in [0, 0.05) is 6.07 Å². The second-order valence-electron chi connectivity index (χ2n) is 4.98. The molecular formula is C13H18BrFN2O. The van der Waals surface area contributed by atoms with Gasteiger partial charge in [0.15, 0.2) is 0 Å². The highest BCUT2D eigenvalue weighted by molar-refractivity contribution is 9.10. The van der Waals surface area contributed by atoms with Crippen LogP contribution >= 0.6 is 15.9 Å². The monoisotopic (exact) mass is 316 g/mol. The van der Waals surface area contributed by atoms with E-state index in [9.17, 15) is 9.50 Å². The Bertz CT molecular complexity index is 433. The third-order valence-electron chi connectivity index (χ3n) is 3.61. The molecule has 100 valence electrons. The zero-order valence-corrected chi connectivity index (χ0v) is 11.8. The molecule has 0 spiro atoms. The summed E-state index contributed by atoms with van der Waals surface area (Å²) < 4.78 is 13.9. The number of rotatable bonds is 3. The number of nitrogens with two attached hydrogens (primary N) is 1. The van der Waals surface area contributed by atoms with Crippen molar-refractivity contribution in [2.45, 2.75) is 37.6 Å². The Morgan fingerprint density at radius 1 is 1.33 bits per heavy atom. The van der Waals surface area contributed by atoms with E-state index in [0.717, 1.165) is 25.7 Å². The Morgan fingerprint density at radius 3 is 2.61 bits per heavy atom. The molecule has 1 fully saturated rings. The number of anilines is 2. The Labute approximate surface area is 115 Å². The molecule has 1 aliphatic carbocycles. The number of aliphatic hydroxyl groups excluding tert-OH is 1. The van der Waals surface area contributed by atoms with Crippen LogP contribution in [0.3, 0.4) is 0 Å². The van der Waals surface area contributed by atoms with Gasteiger partial charge in [0.05, 0.1) is 28.0 Å². The van der Waals surface area contributed by atoms with Crippen molar-refractivity contribution in [1.82, 2.24) is 0 Å². The zero-order chi connectivity index (χ0) is 13.2. The molecule has 4 N–H and O–H groups in total. The van der Waals surface area contributed by atoms with Gasteiger partial charge < -0.3 is 16.2 Å². The lowest BCUT2D eigenvalue weighted by Crippen LogP contribution is -2.44. The van der Waals surface area contributed by atoms with E-state index in [4.69, 9.17) is 5.73 Å². The number of benzene rings is 1. The maximum absolute atomic E-state index is 13.5. The molecule has 1 aliphatic rings. The molecular weight excluding hydrogens is 299 g/mol. The van der Waals surface area contributed by atoms with E-state index in [1.165, 1.54) is 12.5 Å². The van der Waals surface area contributed by atoms with Gasteiger partial charge in [0.25, 0.3) is 0 Å². The molecule has 3 nitrogen and oxygen atoms in total. The van der Waals surface area contributed by atoms with Crippen LogP contribution in [0.5, 0.6) is 0 Å². The molecule has 2 rings (SSSR count). The summed E-state index contributed by atoms with van der Waals surface area (Å²) in [6.07, 6.45) is 5.12. The van der Waals surface area contributed by atoms with Crippen molar-refractivity contribution in [1.29, 1.82) is 0 Å². The number of halogens is 2. The molecule has 1 aromatic carbocycles. The summed E-state index contributed by atoms with van der Waals surface area (Å²) in [4.78, 5) is 0. The minimum absolute atomic E-state index is 0.0458. The zero-order valence-electron chi connectivity index (χ0n) is 10.2. The van der Waals surface area contributed by atoms with E-state index in [-0.39, 0.29) is 18.0 Å². The van der Waals surface area contributed by atoms with Gasteiger partial charge >= 0.3 is 0 Å². The fraction of sp³-hybridized carbons (Fsp3) is 0.538. The summed E-state index contributed by atoms with van der Waals surface area (Å²) in [6, 6.07) is 2.93. The lowest BCUT2D eigenvalue weighted by Gasteiger charge is -2.37. The van der Waals surface area contributed by atoms with Crippen LogP contribution in [0.25, 0.3) is 0 Å². The third-order valence-corrected chi connectivity index (χ3v) is 4.21. The van der Waals surface area contributed by atoms with Crippen molar-refractivity contribution in [2.24, 2.45) is 0 Å². The number of hydrogen-bond acceptors (Lipinski definition) is 3. The van der Waals surface area contributed by atoms with Gasteiger partial charge in [-0.2, -0.15) is 0 Å². The SMILES string of the molecule is Nc1cc(Br)c(F)cc1NC1(CO)CCCCC1. The lowest BCUT2D eigenvalue weighted by atomic mass is 9.82. The number of nitrogen functional groups attached to an aromatic ring is 1. The first-order valence-electron chi connectivity index (χ1n) is 6.20. The van der Waals surface area contributed by atoms with E-state index >= 15 is 0 Å². The van der Waals surface area contributed by atoms with Gasteiger partial charge in [-0.15, -0.1) is 0 Å². The predicted octanol–water partition coefficient (Wildman–Crippen LogP) is 3.28. The summed E-state index contributed by atoms with van der Waals surface area (Å²) in [6.45, 7) is 0.0458. The first-order chi connectivity index (χ1) is 8.56. The normalized spacial score (nSPS) is 18.6. The minimum atomic E-state index is -0.355. The molecule has 0 bridgehead atoms. The highest BCUT2D eigenvalue weighted by Crippen LogP contribution is 2.34. The second-order valence-corrected chi connectivity index (χ2v) is 5.83. The van der Waals surface area contributed by atoms with Crippen molar-refractivity contribution in [2.75, 3.05) is 17.7 Å².